The molecule has 1 atom stereocenters. The molecule has 1 amide bonds. The molecule has 40 heavy (non-hydrogen) atoms. The molecule has 3 aromatic rings. The van der Waals surface area contributed by atoms with E-state index >= 15 is 0 Å². The summed E-state index contributed by atoms with van der Waals surface area (Å²) in [6, 6.07) is 12.4. The average molecular weight is 542 g/mol. The number of anilines is 4. The molecule has 4 heterocycles. The van der Waals surface area contributed by atoms with Gasteiger partial charge >= 0.3 is 0 Å². The number of aryl methyl sites for hydroxylation is 1. The maximum Gasteiger partial charge on any atom is 0.257 e. The molecule has 9 heteroatoms. The van der Waals surface area contributed by atoms with E-state index in [1.165, 1.54) is 24.0 Å². The first-order valence-electron chi connectivity index (χ1n) is 14.3. The summed E-state index contributed by atoms with van der Waals surface area (Å²) in [7, 11) is 3.90. The molecule has 6 rings (SSSR count). The lowest BCUT2D eigenvalue weighted by molar-refractivity contribution is 0.0763. The van der Waals surface area contributed by atoms with Gasteiger partial charge in [0.1, 0.15) is 6.17 Å². The fourth-order valence-corrected chi connectivity index (χ4v) is 6.26. The molecular formula is C31H39N7O2. The van der Waals surface area contributed by atoms with Gasteiger partial charge in [-0.2, -0.15) is 0 Å². The number of fused-ring (bicyclic) bond motifs is 2. The van der Waals surface area contributed by atoms with Gasteiger partial charge in [0.15, 0.2) is 0 Å². The Labute approximate surface area is 235 Å². The van der Waals surface area contributed by atoms with Crippen LogP contribution in [0.1, 0.15) is 51.6 Å². The van der Waals surface area contributed by atoms with Crippen molar-refractivity contribution in [2.75, 3.05) is 67.7 Å². The van der Waals surface area contributed by atoms with Gasteiger partial charge in [0.2, 0.25) is 0 Å². The molecule has 2 aromatic carbocycles. The van der Waals surface area contributed by atoms with Crippen LogP contribution in [0.5, 0.6) is 0 Å². The molecule has 0 radical (unpaired) electrons. The van der Waals surface area contributed by atoms with Crippen molar-refractivity contribution in [1.29, 1.82) is 0 Å². The van der Waals surface area contributed by atoms with Gasteiger partial charge in [0.25, 0.3) is 11.5 Å². The number of amides is 1. The topological polar surface area (TPSA) is 95.7 Å². The van der Waals surface area contributed by atoms with Crippen LogP contribution < -0.4 is 26.4 Å². The number of aromatic nitrogens is 1. The second-order valence-corrected chi connectivity index (χ2v) is 11.2. The summed E-state index contributed by atoms with van der Waals surface area (Å²) in [5.74, 6) is 0.103. The third kappa shape index (κ3) is 4.90. The number of pyridine rings is 1. The van der Waals surface area contributed by atoms with Gasteiger partial charge in [0, 0.05) is 63.4 Å². The number of hydrogen-bond acceptors (Lipinski definition) is 7. The van der Waals surface area contributed by atoms with Crippen molar-refractivity contribution < 1.29 is 4.79 Å². The number of nitrogens with zero attached hydrogens (tertiary/aromatic N) is 3. The number of rotatable bonds is 9. The Kier molecular flexibility index (Phi) is 7.14. The van der Waals surface area contributed by atoms with Crippen molar-refractivity contribution in [3.8, 4) is 0 Å². The van der Waals surface area contributed by atoms with Crippen molar-refractivity contribution in [2.24, 2.45) is 0 Å². The first kappa shape index (κ1) is 26.3. The van der Waals surface area contributed by atoms with Crippen molar-refractivity contribution in [1.82, 2.24) is 14.8 Å². The molecular weight excluding hydrogens is 502 g/mol. The highest BCUT2D eigenvalue weighted by molar-refractivity contribution is 6.01. The number of carbonyl (C=O) groups excluding carboxylic acids is 1. The summed E-state index contributed by atoms with van der Waals surface area (Å²) in [5.41, 5.74) is 8.63. The van der Waals surface area contributed by atoms with E-state index in [-0.39, 0.29) is 17.6 Å². The van der Waals surface area contributed by atoms with E-state index in [2.05, 4.69) is 61.9 Å². The number of hydrogen-bond donors (Lipinski definition) is 4. The highest BCUT2D eigenvalue weighted by Gasteiger charge is 2.35. The predicted octanol–water partition coefficient (Wildman–Crippen LogP) is 3.99. The average Bonchev–Trinajstić information content (AvgIpc) is 3.66. The Bertz CT molecular complexity index is 1480. The molecule has 0 aliphatic carbocycles. The monoisotopic (exact) mass is 541 g/mol. The number of carbonyl (C=O) groups is 1. The Morgan fingerprint density at radius 1 is 1.05 bits per heavy atom. The maximum atomic E-state index is 13.3. The summed E-state index contributed by atoms with van der Waals surface area (Å²) in [6.07, 6.45) is 4.69. The summed E-state index contributed by atoms with van der Waals surface area (Å²) in [6.45, 7) is 7.43. The SMILES string of the molecule is CNc1ccc(C)c(CCNc2cc[nH]c(=O)c2C2Nc3cc4c(cc3N2C)C(=O)N(CCN2CCCC2)C4)c1. The number of aromatic amines is 1. The van der Waals surface area contributed by atoms with Crippen LogP contribution in [0, 0.1) is 6.92 Å². The Morgan fingerprint density at radius 3 is 2.67 bits per heavy atom. The van der Waals surface area contributed by atoms with E-state index in [1.807, 2.05) is 31.1 Å². The standard InChI is InChI=1S/C31H39N7O2/c1-20-6-7-23(32-2)16-21(20)8-10-33-25-9-11-34-30(39)28(25)29-35-26-17-22-19-38(15-14-37-12-4-5-13-37)31(40)24(22)18-27(26)36(29)3/h6-7,9,11,16-18,29,32,35H,4-5,8,10,12-15,19H2,1-3H3,(H2,33,34,39). The zero-order chi connectivity index (χ0) is 27.8. The zero-order valence-corrected chi connectivity index (χ0v) is 23.6. The molecule has 3 aliphatic heterocycles. The van der Waals surface area contributed by atoms with Crippen LogP contribution in [-0.4, -0.2) is 67.5 Å². The quantitative estimate of drug-likeness (QED) is 0.325. The summed E-state index contributed by atoms with van der Waals surface area (Å²) in [4.78, 5) is 35.7. The van der Waals surface area contributed by atoms with E-state index < -0.39 is 0 Å². The van der Waals surface area contributed by atoms with Crippen molar-refractivity contribution in [2.45, 2.75) is 38.9 Å². The van der Waals surface area contributed by atoms with Gasteiger partial charge in [-0.15, -0.1) is 0 Å². The van der Waals surface area contributed by atoms with Crippen LogP contribution >= 0.6 is 0 Å². The molecule has 210 valence electrons. The second kappa shape index (κ2) is 10.9. The fraction of sp³-hybridized carbons (Fsp3) is 0.419. The molecule has 0 bridgehead atoms. The van der Waals surface area contributed by atoms with Crippen molar-refractivity contribution in [3.05, 3.63) is 80.8 Å². The third-order valence-electron chi connectivity index (χ3n) is 8.66. The van der Waals surface area contributed by atoms with Crippen LogP contribution in [0.15, 0.2) is 47.4 Å². The first-order valence-corrected chi connectivity index (χ1v) is 14.3. The van der Waals surface area contributed by atoms with E-state index in [9.17, 15) is 9.59 Å². The molecule has 0 saturated carbocycles. The highest BCUT2D eigenvalue weighted by Crippen LogP contribution is 2.43. The number of nitrogens with one attached hydrogen (secondary N) is 4. The van der Waals surface area contributed by atoms with E-state index in [4.69, 9.17) is 0 Å². The maximum absolute atomic E-state index is 13.3. The normalized spacial score (nSPS) is 18.2. The molecule has 1 aromatic heterocycles. The first-order chi connectivity index (χ1) is 19.4. The van der Waals surface area contributed by atoms with Crippen LogP contribution in [0.4, 0.5) is 22.7 Å². The lowest BCUT2D eigenvalue weighted by Crippen LogP contribution is -2.34. The van der Waals surface area contributed by atoms with Crippen LogP contribution in [0.3, 0.4) is 0 Å². The largest absolute Gasteiger partial charge is 0.388 e. The van der Waals surface area contributed by atoms with Crippen LogP contribution in [-0.2, 0) is 13.0 Å². The highest BCUT2D eigenvalue weighted by atomic mass is 16.2. The van der Waals surface area contributed by atoms with Crippen molar-refractivity contribution >= 4 is 28.7 Å². The van der Waals surface area contributed by atoms with Gasteiger partial charge < -0.3 is 35.6 Å². The lowest BCUT2D eigenvalue weighted by Gasteiger charge is -2.24. The minimum absolute atomic E-state index is 0.103. The van der Waals surface area contributed by atoms with Crippen LogP contribution in [0.2, 0.25) is 0 Å². The van der Waals surface area contributed by atoms with E-state index in [0.717, 1.165) is 66.5 Å². The Morgan fingerprint density at radius 2 is 1.88 bits per heavy atom. The van der Waals surface area contributed by atoms with Gasteiger partial charge in [-0.05, 0) is 86.3 Å². The summed E-state index contributed by atoms with van der Waals surface area (Å²) in [5, 5.41) is 10.3. The van der Waals surface area contributed by atoms with E-state index in [1.54, 1.807) is 6.20 Å². The minimum atomic E-state index is -0.347. The van der Waals surface area contributed by atoms with Gasteiger partial charge in [-0.1, -0.05) is 6.07 Å². The molecule has 9 nitrogen and oxygen atoms in total. The van der Waals surface area contributed by atoms with Gasteiger partial charge in [-0.3, -0.25) is 9.59 Å². The van der Waals surface area contributed by atoms with Crippen molar-refractivity contribution in [3.63, 3.8) is 0 Å². The summed E-state index contributed by atoms with van der Waals surface area (Å²) < 4.78 is 0. The Balaban J connectivity index is 1.17. The zero-order valence-electron chi connectivity index (χ0n) is 23.6. The lowest BCUT2D eigenvalue weighted by atomic mass is 10.0. The molecule has 0 spiro atoms. The fourth-order valence-electron chi connectivity index (χ4n) is 6.26. The summed E-state index contributed by atoms with van der Waals surface area (Å²) >= 11 is 0. The molecule has 4 N–H and O–H groups in total. The molecule has 3 aliphatic rings. The third-order valence-corrected chi connectivity index (χ3v) is 8.66. The van der Waals surface area contributed by atoms with Crippen LogP contribution in [0.25, 0.3) is 0 Å². The number of likely N-dealkylation sites (tertiary alicyclic amines) is 1. The van der Waals surface area contributed by atoms with E-state index in [0.29, 0.717) is 18.7 Å². The predicted molar refractivity (Wildman–Crippen MR) is 162 cm³/mol. The number of benzene rings is 2. The molecule has 1 fully saturated rings. The minimum Gasteiger partial charge on any atom is -0.388 e. The number of H-pyrrole nitrogens is 1. The second-order valence-electron chi connectivity index (χ2n) is 11.2. The Hall–Kier alpha value is -3.98. The van der Waals surface area contributed by atoms with Gasteiger partial charge in [-0.25, -0.2) is 0 Å². The van der Waals surface area contributed by atoms with Gasteiger partial charge in [0.05, 0.1) is 16.9 Å². The molecule has 1 saturated heterocycles. The smallest absolute Gasteiger partial charge is 0.257 e. The molecule has 1 unspecified atom stereocenters.